The molecule has 0 N–H and O–H groups in total. The van der Waals surface area contributed by atoms with Crippen molar-refractivity contribution in [3.63, 3.8) is 0 Å². The zero-order chi connectivity index (χ0) is 26.4. The Morgan fingerprint density at radius 1 is 1.05 bits per heavy atom. The monoisotopic (exact) mass is 518 g/mol. The minimum absolute atomic E-state index is 0.132. The predicted molar refractivity (Wildman–Crippen MR) is 145 cm³/mol. The van der Waals surface area contributed by atoms with Gasteiger partial charge in [-0.1, -0.05) is 50.2 Å². The van der Waals surface area contributed by atoms with Crippen molar-refractivity contribution in [2.24, 2.45) is 5.41 Å². The summed E-state index contributed by atoms with van der Waals surface area (Å²) in [5.74, 6) is -0.249. The normalized spacial score (nSPS) is 15.0. The lowest BCUT2D eigenvalue weighted by atomic mass is 9.75. The molecule has 194 valence electrons. The number of benzene rings is 2. The third kappa shape index (κ3) is 4.61. The van der Waals surface area contributed by atoms with Gasteiger partial charge in [0.1, 0.15) is 6.54 Å². The largest absolute Gasteiger partial charge is 0.465 e. The van der Waals surface area contributed by atoms with Gasteiger partial charge < -0.3 is 9.30 Å². The maximum Gasteiger partial charge on any atom is 0.325 e. The fourth-order valence-electron chi connectivity index (χ4n) is 5.70. The number of fused-ring (bicyclic) bond motifs is 2. The Hall–Kier alpha value is -3.32. The fraction of sp³-hybridized carbons (Fsp3) is 0.367. The van der Waals surface area contributed by atoms with Crippen molar-refractivity contribution in [3.8, 4) is 0 Å². The highest BCUT2D eigenvalue weighted by molar-refractivity contribution is 7.90. The van der Waals surface area contributed by atoms with Crippen LogP contribution in [0.25, 0.3) is 10.9 Å². The van der Waals surface area contributed by atoms with Crippen molar-refractivity contribution < 1.29 is 17.9 Å². The van der Waals surface area contributed by atoms with Crippen LogP contribution in [0.4, 0.5) is 0 Å². The predicted octanol–water partition coefficient (Wildman–Crippen LogP) is 5.66. The molecule has 0 bridgehead atoms. The number of esters is 1. The summed E-state index contributed by atoms with van der Waals surface area (Å²) >= 11 is 0. The van der Waals surface area contributed by atoms with Crippen molar-refractivity contribution >= 4 is 26.9 Å². The van der Waals surface area contributed by atoms with E-state index in [1.165, 1.54) is 15.2 Å². The average Bonchev–Trinajstić information content (AvgIpc) is 3.35. The molecule has 0 spiro atoms. The minimum atomic E-state index is -3.81. The summed E-state index contributed by atoms with van der Waals surface area (Å²) < 4.78 is 36.7. The van der Waals surface area contributed by atoms with Gasteiger partial charge in [-0.25, -0.2) is 12.4 Å². The van der Waals surface area contributed by atoms with E-state index in [2.05, 4.69) is 18.4 Å². The topological polar surface area (TPSA) is 70.3 Å². The molecule has 4 aromatic rings. The SMILES string of the molecule is CCOC(=O)Cn1c(C)c(Cc2cc3ccccc3n2S(=O)(=O)c2ccccc2)c2c1CCC(C)(C)C2. The Bertz CT molecular complexity index is 1580. The van der Waals surface area contributed by atoms with Crippen LogP contribution in [0, 0.1) is 12.3 Å². The molecule has 7 heteroatoms. The highest BCUT2D eigenvalue weighted by Gasteiger charge is 2.33. The van der Waals surface area contributed by atoms with Gasteiger partial charge >= 0.3 is 5.97 Å². The lowest BCUT2D eigenvalue weighted by Crippen LogP contribution is -2.25. The van der Waals surface area contributed by atoms with Gasteiger partial charge in [0.15, 0.2) is 0 Å². The van der Waals surface area contributed by atoms with Crippen molar-refractivity contribution in [1.82, 2.24) is 8.54 Å². The van der Waals surface area contributed by atoms with E-state index in [1.807, 2.05) is 50.2 Å². The summed E-state index contributed by atoms with van der Waals surface area (Å²) in [6, 6.07) is 18.2. The first-order valence-electron chi connectivity index (χ1n) is 12.9. The van der Waals surface area contributed by atoms with E-state index >= 15 is 0 Å². The molecular formula is C30H34N2O4S. The lowest BCUT2D eigenvalue weighted by Gasteiger charge is -2.31. The Morgan fingerprint density at radius 2 is 1.76 bits per heavy atom. The molecule has 2 aromatic carbocycles. The fourth-order valence-corrected chi connectivity index (χ4v) is 7.26. The summed E-state index contributed by atoms with van der Waals surface area (Å²) in [7, 11) is -3.81. The van der Waals surface area contributed by atoms with E-state index in [4.69, 9.17) is 4.74 Å². The smallest absolute Gasteiger partial charge is 0.325 e. The van der Waals surface area contributed by atoms with Crippen molar-refractivity contribution in [2.45, 2.75) is 64.8 Å². The van der Waals surface area contributed by atoms with Crippen molar-refractivity contribution in [2.75, 3.05) is 6.61 Å². The molecule has 0 saturated heterocycles. The maximum atomic E-state index is 13.9. The number of carbonyl (C=O) groups is 1. The van der Waals surface area contributed by atoms with E-state index in [9.17, 15) is 13.2 Å². The number of carbonyl (C=O) groups excluding carboxylic acids is 1. The molecule has 5 rings (SSSR count). The van der Waals surface area contributed by atoms with Crippen LogP contribution >= 0.6 is 0 Å². The van der Waals surface area contributed by atoms with Crippen LogP contribution in [0.5, 0.6) is 0 Å². The van der Waals surface area contributed by atoms with Gasteiger partial charge in [-0.05, 0) is 73.9 Å². The molecule has 0 aliphatic heterocycles. The Morgan fingerprint density at radius 3 is 2.49 bits per heavy atom. The Kier molecular flexibility index (Phi) is 6.52. The number of para-hydroxylation sites is 1. The summed E-state index contributed by atoms with van der Waals surface area (Å²) in [5.41, 5.74) is 6.05. The van der Waals surface area contributed by atoms with Gasteiger partial charge in [-0.3, -0.25) is 4.79 Å². The summed E-state index contributed by atoms with van der Waals surface area (Å²) in [4.78, 5) is 12.7. The van der Waals surface area contributed by atoms with Gasteiger partial charge in [0.05, 0.1) is 17.0 Å². The maximum absolute atomic E-state index is 13.9. The number of hydrogen-bond donors (Lipinski definition) is 0. The summed E-state index contributed by atoms with van der Waals surface area (Å²) in [5, 5.41) is 0.884. The second-order valence-corrected chi connectivity index (χ2v) is 12.5. The standard InChI is InChI=1S/C30H34N2O4S/c1-5-36-29(33)20-31-21(2)25(26-19-30(3,4)16-15-28(26)31)18-23-17-22-11-9-10-14-27(22)32(23)37(34,35)24-12-7-6-8-13-24/h6-14,17H,5,15-16,18-20H2,1-4H3. The van der Waals surface area contributed by atoms with Crippen LogP contribution in [-0.4, -0.2) is 29.5 Å². The molecule has 37 heavy (non-hydrogen) atoms. The van der Waals surface area contributed by atoms with Crippen molar-refractivity contribution in [3.05, 3.63) is 88.9 Å². The van der Waals surface area contributed by atoms with E-state index in [0.29, 0.717) is 24.2 Å². The molecule has 0 unspecified atom stereocenters. The van der Waals surface area contributed by atoms with Crippen LogP contribution in [0.15, 0.2) is 65.6 Å². The molecule has 0 saturated carbocycles. The number of aromatic nitrogens is 2. The zero-order valence-electron chi connectivity index (χ0n) is 22.0. The molecule has 0 atom stereocenters. The van der Waals surface area contributed by atoms with E-state index < -0.39 is 10.0 Å². The molecule has 0 radical (unpaired) electrons. The minimum Gasteiger partial charge on any atom is -0.465 e. The first-order valence-corrected chi connectivity index (χ1v) is 14.3. The number of rotatable bonds is 7. The second-order valence-electron chi connectivity index (χ2n) is 10.7. The Balaban J connectivity index is 1.68. The van der Waals surface area contributed by atoms with Gasteiger partial charge in [-0.2, -0.15) is 0 Å². The first kappa shape index (κ1) is 25.3. The molecule has 2 aromatic heterocycles. The molecule has 6 nitrogen and oxygen atoms in total. The van der Waals surface area contributed by atoms with Crippen LogP contribution in [0.3, 0.4) is 0 Å². The number of ether oxygens (including phenoxy) is 1. The van der Waals surface area contributed by atoms with Gasteiger partial charge in [0, 0.05) is 28.9 Å². The van der Waals surface area contributed by atoms with Gasteiger partial charge in [-0.15, -0.1) is 0 Å². The second kappa shape index (κ2) is 9.53. The van der Waals surface area contributed by atoms with E-state index in [1.54, 1.807) is 24.3 Å². The number of nitrogens with zero attached hydrogens (tertiary/aromatic N) is 2. The van der Waals surface area contributed by atoms with Gasteiger partial charge in [0.25, 0.3) is 10.0 Å². The van der Waals surface area contributed by atoms with E-state index in [0.717, 1.165) is 35.9 Å². The van der Waals surface area contributed by atoms with Crippen LogP contribution < -0.4 is 0 Å². The third-order valence-electron chi connectivity index (χ3n) is 7.54. The lowest BCUT2D eigenvalue weighted by molar-refractivity contribution is -0.143. The zero-order valence-corrected chi connectivity index (χ0v) is 22.8. The highest BCUT2D eigenvalue weighted by Crippen LogP contribution is 2.40. The molecule has 1 aliphatic rings. The van der Waals surface area contributed by atoms with Gasteiger partial charge in [0.2, 0.25) is 0 Å². The molecule has 0 fully saturated rings. The quantitative estimate of drug-likeness (QED) is 0.296. The Labute approximate surface area is 218 Å². The van der Waals surface area contributed by atoms with Crippen LogP contribution in [-0.2, 0) is 45.4 Å². The average molecular weight is 519 g/mol. The molecule has 0 amide bonds. The summed E-state index contributed by atoms with van der Waals surface area (Å²) in [6.07, 6.45) is 3.27. The first-order chi connectivity index (χ1) is 17.6. The van der Waals surface area contributed by atoms with Crippen LogP contribution in [0.2, 0.25) is 0 Å². The molecule has 1 aliphatic carbocycles. The highest BCUT2D eigenvalue weighted by atomic mass is 32.2. The molecule has 2 heterocycles. The summed E-state index contributed by atoms with van der Waals surface area (Å²) in [6.45, 7) is 8.92. The molecular weight excluding hydrogens is 484 g/mol. The van der Waals surface area contributed by atoms with Crippen LogP contribution in [0.1, 0.15) is 55.4 Å². The third-order valence-corrected chi connectivity index (χ3v) is 9.32. The van der Waals surface area contributed by atoms with Crippen molar-refractivity contribution in [1.29, 1.82) is 0 Å². The van der Waals surface area contributed by atoms with E-state index in [-0.39, 0.29) is 22.8 Å². The number of hydrogen-bond acceptors (Lipinski definition) is 4.